The van der Waals surface area contributed by atoms with Crippen LogP contribution < -0.4 is 4.74 Å². The lowest BCUT2D eigenvalue weighted by Gasteiger charge is -2.07. The molecule has 0 atom stereocenters. The fraction of sp³-hybridized carbons (Fsp3) is 0.300. The molecule has 0 aliphatic rings. The van der Waals surface area contributed by atoms with E-state index in [0.717, 1.165) is 5.56 Å². The maximum Gasteiger partial charge on any atom is 0.343 e. The van der Waals surface area contributed by atoms with Crippen molar-refractivity contribution in [3.05, 3.63) is 28.8 Å². The second-order valence-electron chi connectivity index (χ2n) is 2.77. The van der Waals surface area contributed by atoms with Gasteiger partial charge in [0.25, 0.3) is 0 Å². The molecule has 0 amide bonds. The number of carbonyl (C=O) groups excluding carboxylic acids is 1. The lowest BCUT2D eigenvalue weighted by molar-refractivity contribution is -0.142. The van der Waals surface area contributed by atoms with Crippen molar-refractivity contribution >= 4 is 17.6 Å². The zero-order valence-electron chi connectivity index (χ0n) is 8.04. The van der Waals surface area contributed by atoms with Crippen molar-refractivity contribution in [1.29, 1.82) is 0 Å². The number of rotatable bonds is 3. The number of methoxy groups -OCH3 is 1. The zero-order chi connectivity index (χ0) is 10.6. The molecule has 0 unspecified atom stereocenters. The minimum atomic E-state index is -0.403. The van der Waals surface area contributed by atoms with Crippen molar-refractivity contribution in [3.8, 4) is 5.75 Å². The van der Waals surface area contributed by atoms with E-state index in [4.69, 9.17) is 16.3 Å². The molecule has 14 heavy (non-hydrogen) atoms. The lowest BCUT2D eigenvalue weighted by atomic mass is 10.2. The van der Waals surface area contributed by atoms with Crippen LogP contribution in [0.25, 0.3) is 0 Å². The van der Waals surface area contributed by atoms with Gasteiger partial charge in [0, 0.05) is 5.02 Å². The molecule has 0 spiro atoms. The van der Waals surface area contributed by atoms with Gasteiger partial charge in [0.05, 0.1) is 7.11 Å². The summed E-state index contributed by atoms with van der Waals surface area (Å²) in [5.74, 6) is 0.235. The molecule has 3 nitrogen and oxygen atoms in total. The molecule has 0 aliphatic carbocycles. The fourth-order valence-electron chi connectivity index (χ4n) is 0.970. The summed E-state index contributed by atoms with van der Waals surface area (Å²) in [6.45, 7) is 1.78. The molecule has 1 rings (SSSR count). The van der Waals surface area contributed by atoms with E-state index in [0.29, 0.717) is 10.8 Å². The average Bonchev–Trinajstić information content (AvgIpc) is 2.16. The Morgan fingerprint density at radius 2 is 2.21 bits per heavy atom. The van der Waals surface area contributed by atoms with Crippen molar-refractivity contribution in [2.75, 3.05) is 13.7 Å². The van der Waals surface area contributed by atoms with Gasteiger partial charge in [-0.1, -0.05) is 11.6 Å². The van der Waals surface area contributed by atoms with E-state index in [1.807, 2.05) is 6.92 Å². The fourth-order valence-corrected chi connectivity index (χ4v) is 1.20. The Labute approximate surface area is 87.6 Å². The van der Waals surface area contributed by atoms with Gasteiger partial charge in [-0.2, -0.15) is 0 Å². The minimum Gasteiger partial charge on any atom is -0.482 e. The van der Waals surface area contributed by atoms with E-state index in [1.54, 1.807) is 18.2 Å². The van der Waals surface area contributed by atoms with Crippen LogP contribution in [0.4, 0.5) is 0 Å². The number of esters is 1. The Balaban J connectivity index is 2.63. The molecule has 1 aromatic carbocycles. The molecule has 76 valence electrons. The Hall–Kier alpha value is -1.22. The number of halogens is 1. The van der Waals surface area contributed by atoms with Crippen LogP contribution in [0.3, 0.4) is 0 Å². The molecular formula is C10H11ClO3. The van der Waals surface area contributed by atoms with Crippen LogP contribution in [0.1, 0.15) is 5.56 Å². The normalized spacial score (nSPS) is 9.64. The third-order valence-electron chi connectivity index (χ3n) is 1.71. The summed E-state index contributed by atoms with van der Waals surface area (Å²) in [6, 6.07) is 5.20. The van der Waals surface area contributed by atoms with E-state index in [9.17, 15) is 4.79 Å². The number of hydrogen-bond acceptors (Lipinski definition) is 3. The van der Waals surface area contributed by atoms with Gasteiger partial charge in [0.1, 0.15) is 5.75 Å². The van der Waals surface area contributed by atoms with Gasteiger partial charge in [0.15, 0.2) is 6.61 Å². The summed E-state index contributed by atoms with van der Waals surface area (Å²) in [4.78, 5) is 10.8. The van der Waals surface area contributed by atoms with Crippen LogP contribution in [0, 0.1) is 6.92 Å². The van der Waals surface area contributed by atoms with Crippen LogP contribution in [-0.2, 0) is 9.53 Å². The minimum absolute atomic E-state index is 0.0844. The molecule has 0 bridgehead atoms. The van der Waals surface area contributed by atoms with E-state index < -0.39 is 5.97 Å². The summed E-state index contributed by atoms with van der Waals surface area (Å²) < 4.78 is 9.66. The van der Waals surface area contributed by atoms with Crippen molar-refractivity contribution in [2.45, 2.75) is 6.92 Å². The first-order valence-corrected chi connectivity index (χ1v) is 4.47. The molecule has 0 aromatic heterocycles. The lowest BCUT2D eigenvalue weighted by Crippen LogP contribution is -2.12. The van der Waals surface area contributed by atoms with Gasteiger partial charge >= 0.3 is 5.97 Å². The molecule has 0 saturated carbocycles. The second-order valence-corrected chi connectivity index (χ2v) is 3.21. The van der Waals surface area contributed by atoms with E-state index in [-0.39, 0.29) is 6.61 Å². The molecule has 0 heterocycles. The van der Waals surface area contributed by atoms with Crippen molar-refractivity contribution < 1.29 is 14.3 Å². The molecule has 4 heteroatoms. The number of carbonyl (C=O) groups is 1. The quantitative estimate of drug-likeness (QED) is 0.724. The summed E-state index contributed by atoms with van der Waals surface area (Å²) >= 11 is 5.76. The monoisotopic (exact) mass is 214 g/mol. The molecule has 0 aliphatic heterocycles. The number of benzene rings is 1. The predicted molar refractivity (Wildman–Crippen MR) is 53.7 cm³/mol. The van der Waals surface area contributed by atoms with Crippen LogP contribution in [-0.4, -0.2) is 19.7 Å². The first-order valence-electron chi connectivity index (χ1n) is 4.09. The summed E-state index contributed by atoms with van der Waals surface area (Å²) in [6.07, 6.45) is 0. The van der Waals surface area contributed by atoms with Gasteiger partial charge < -0.3 is 9.47 Å². The topological polar surface area (TPSA) is 35.5 Å². The van der Waals surface area contributed by atoms with Crippen molar-refractivity contribution in [2.24, 2.45) is 0 Å². The standard InChI is InChI=1S/C10H11ClO3/c1-7-5-8(11)3-4-9(7)14-6-10(12)13-2/h3-5H,6H2,1-2H3. The third-order valence-corrected chi connectivity index (χ3v) is 1.95. The zero-order valence-corrected chi connectivity index (χ0v) is 8.80. The molecule has 0 radical (unpaired) electrons. The van der Waals surface area contributed by atoms with Crippen LogP contribution in [0.15, 0.2) is 18.2 Å². The number of hydrogen-bond donors (Lipinski definition) is 0. The van der Waals surface area contributed by atoms with Crippen molar-refractivity contribution in [3.63, 3.8) is 0 Å². The maximum atomic E-state index is 10.8. The first-order chi connectivity index (χ1) is 6.63. The smallest absolute Gasteiger partial charge is 0.343 e. The van der Waals surface area contributed by atoms with Gasteiger partial charge in [-0.25, -0.2) is 4.79 Å². The summed E-state index contributed by atoms with van der Waals surface area (Å²) in [7, 11) is 1.32. The van der Waals surface area contributed by atoms with Crippen LogP contribution in [0.2, 0.25) is 5.02 Å². The number of aryl methyl sites for hydroxylation is 1. The van der Waals surface area contributed by atoms with E-state index in [1.165, 1.54) is 7.11 Å². The highest BCUT2D eigenvalue weighted by atomic mass is 35.5. The number of ether oxygens (including phenoxy) is 2. The molecular weight excluding hydrogens is 204 g/mol. The second kappa shape index (κ2) is 4.86. The van der Waals surface area contributed by atoms with Gasteiger partial charge in [-0.3, -0.25) is 0 Å². The molecule has 0 N–H and O–H groups in total. The molecule has 0 fully saturated rings. The largest absolute Gasteiger partial charge is 0.482 e. The first kappa shape index (κ1) is 10.9. The Bertz CT molecular complexity index is 336. The SMILES string of the molecule is COC(=O)COc1ccc(Cl)cc1C. The van der Waals surface area contributed by atoms with Gasteiger partial charge in [0.2, 0.25) is 0 Å². The average molecular weight is 215 g/mol. The predicted octanol–water partition coefficient (Wildman–Crippen LogP) is 2.20. The summed E-state index contributed by atoms with van der Waals surface area (Å²) in [5, 5.41) is 0.646. The Morgan fingerprint density at radius 3 is 2.79 bits per heavy atom. The maximum absolute atomic E-state index is 10.8. The van der Waals surface area contributed by atoms with Gasteiger partial charge in [-0.15, -0.1) is 0 Å². The van der Waals surface area contributed by atoms with Gasteiger partial charge in [-0.05, 0) is 30.7 Å². The van der Waals surface area contributed by atoms with E-state index in [2.05, 4.69) is 4.74 Å². The highest BCUT2D eigenvalue weighted by molar-refractivity contribution is 6.30. The Kier molecular flexibility index (Phi) is 3.77. The highest BCUT2D eigenvalue weighted by Crippen LogP contribution is 2.21. The molecule has 1 aromatic rings. The van der Waals surface area contributed by atoms with Crippen LogP contribution >= 0.6 is 11.6 Å². The third kappa shape index (κ3) is 2.92. The Morgan fingerprint density at radius 1 is 1.50 bits per heavy atom. The van der Waals surface area contributed by atoms with E-state index >= 15 is 0 Å². The van der Waals surface area contributed by atoms with Crippen molar-refractivity contribution in [1.82, 2.24) is 0 Å². The van der Waals surface area contributed by atoms with Crippen LogP contribution in [0.5, 0.6) is 5.75 Å². The molecule has 0 saturated heterocycles. The highest BCUT2D eigenvalue weighted by Gasteiger charge is 2.04. The summed E-state index contributed by atoms with van der Waals surface area (Å²) in [5.41, 5.74) is 0.890.